The Labute approximate surface area is 110 Å². The number of halogens is 1. The summed E-state index contributed by atoms with van der Waals surface area (Å²) in [4.78, 5) is 14.3. The number of carbonyl (C=O) groups excluding carboxylic acids is 1. The molecule has 0 aromatic heterocycles. The van der Waals surface area contributed by atoms with Gasteiger partial charge < -0.3 is 4.90 Å². The van der Waals surface area contributed by atoms with Gasteiger partial charge in [0.25, 0.3) is 0 Å². The minimum Gasteiger partial charge on any atom is -0.383 e. The van der Waals surface area contributed by atoms with E-state index in [-0.39, 0.29) is 5.78 Å². The average molecular weight is 294 g/mol. The van der Waals surface area contributed by atoms with Crippen molar-refractivity contribution in [2.45, 2.75) is 19.3 Å². The number of nitrogens with zero attached hydrogens (tertiary/aromatic N) is 1. The Bertz CT molecular complexity index is 477. The van der Waals surface area contributed by atoms with Gasteiger partial charge in [0.1, 0.15) is 0 Å². The Morgan fingerprint density at radius 3 is 2.76 bits per heavy atom. The summed E-state index contributed by atoms with van der Waals surface area (Å²) in [6, 6.07) is 6.00. The summed E-state index contributed by atoms with van der Waals surface area (Å²) < 4.78 is 0.968. The Kier molecular flexibility index (Phi) is 3.67. The molecule has 2 nitrogen and oxygen atoms in total. The first kappa shape index (κ1) is 12.4. The van der Waals surface area contributed by atoms with E-state index in [0.29, 0.717) is 0 Å². The zero-order chi connectivity index (χ0) is 12.4. The molecule has 0 saturated carbocycles. The molecule has 3 heteroatoms. The van der Waals surface area contributed by atoms with Gasteiger partial charge in [-0.05, 0) is 37.0 Å². The summed E-state index contributed by atoms with van der Waals surface area (Å²) in [6.07, 6.45) is 4.83. The number of ketones is 1. The highest BCUT2D eigenvalue weighted by Gasteiger charge is 2.20. The zero-order valence-corrected chi connectivity index (χ0v) is 11.8. The summed E-state index contributed by atoms with van der Waals surface area (Å²) in [6.45, 7) is 0. The number of rotatable bonds is 1. The number of hydrogen-bond acceptors (Lipinski definition) is 2. The molecule has 0 heterocycles. The van der Waals surface area contributed by atoms with E-state index >= 15 is 0 Å². The van der Waals surface area contributed by atoms with Gasteiger partial charge in [0.15, 0.2) is 5.78 Å². The van der Waals surface area contributed by atoms with Crippen LogP contribution in [0.15, 0.2) is 34.4 Å². The summed E-state index contributed by atoms with van der Waals surface area (Å²) >= 11 is 3.43. The maximum absolute atomic E-state index is 12.4. The van der Waals surface area contributed by atoms with Crippen LogP contribution in [0.25, 0.3) is 0 Å². The van der Waals surface area contributed by atoms with Crippen molar-refractivity contribution in [1.82, 2.24) is 4.90 Å². The third kappa shape index (κ3) is 2.78. The van der Waals surface area contributed by atoms with Gasteiger partial charge in [-0.2, -0.15) is 0 Å². The molecule has 1 aliphatic carbocycles. The highest BCUT2D eigenvalue weighted by Crippen LogP contribution is 2.26. The molecule has 0 atom stereocenters. The lowest BCUT2D eigenvalue weighted by atomic mass is 10.0. The lowest BCUT2D eigenvalue weighted by Gasteiger charge is -2.09. The second kappa shape index (κ2) is 5.05. The first-order chi connectivity index (χ1) is 8.08. The molecule has 17 heavy (non-hydrogen) atoms. The van der Waals surface area contributed by atoms with Crippen molar-refractivity contribution < 1.29 is 4.79 Å². The molecule has 1 aliphatic rings. The molecule has 2 rings (SSSR count). The standard InChI is InChI=1S/C14H16BrNO/c1-16(2)9-11-5-3-4-10-6-7-12(15)8-13(10)14(11)17/h6-9H,3-5H2,1-2H3/b11-9+. The topological polar surface area (TPSA) is 20.3 Å². The second-order valence-electron chi connectivity index (χ2n) is 4.60. The molecule has 0 aliphatic heterocycles. The van der Waals surface area contributed by atoms with Gasteiger partial charge in [0, 0.05) is 35.9 Å². The lowest BCUT2D eigenvalue weighted by molar-refractivity contribution is 0.103. The number of aryl methyl sites for hydroxylation is 1. The Hall–Kier alpha value is -1.09. The van der Waals surface area contributed by atoms with E-state index in [0.717, 1.165) is 34.9 Å². The summed E-state index contributed by atoms with van der Waals surface area (Å²) in [5, 5.41) is 0. The van der Waals surface area contributed by atoms with E-state index in [1.807, 2.05) is 37.3 Å². The van der Waals surface area contributed by atoms with Crippen LogP contribution in [0, 0.1) is 0 Å². The highest BCUT2D eigenvalue weighted by molar-refractivity contribution is 9.10. The van der Waals surface area contributed by atoms with E-state index in [1.54, 1.807) is 0 Å². The number of hydrogen-bond donors (Lipinski definition) is 0. The first-order valence-corrected chi connectivity index (χ1v) is 6.57. The number of carbonyl (C=O) groups is 1. The molecule has 0 fully saturated rings. The van der Waals surface area contributed by atoms with Gasteiger partial charge >= 0.3 is 0 Å². The van der Waals surface area contributed by atoms with E-state index < -0.39 is 0 Å². The van der Waals surface area contributed by atoms with Crippen LogP contribution in [-0.4, -0.2) is 24.8 Å². The average Bonchev–Trinajstić information content (AvgIpc) is 2.40. The maximum Gasteiger partial charge on any atom is 0.190 e. The minimum absolute atomic E-state index is 0.174. The molecule has 0 amide bonds. The van der Waals surface area contributed by atoms with Crippen LogP contribution in [0.1, 0.15) is 28.8 Å². The van der Waals surface area contributed by atoms with Crippen molar-refractivity contribution in [2.75, 3.05) is 14.1 Å². The smallest absolute Gasteiger partial charge is 0.190 e. The molecule has 0 N–H and O–H groups in total. The summed E-state index contributed by atoms with van der Waals surface area (Å²) in [5.41, 5.74) is 2.93. The largest absolute Gasteiger partial charge is 0.383 e. The predicted molar refractivity (Wildman–Crippen MR) is 73.2 cm³/mol. The molecule has 0 spiro atoms. The molecule has 0 unspecified atom stereocenters. The predicted octanol–water partition coefficient (Wildman–Crippen LogP) is 3.41. The fourth-order valence-electron chi connectivity index (χ4n) is 2.17. The lowest BCUT2D eigenvalue weighted by Crippen LogP contribution is -2.09. The molecule has 1 aromatic carbocycles. The van der Waals surface area contributed by atoms with Crippen LogP contribution in [0.5, 0.6) is 0 Å². The Balaban J connectivity index is 2.45. The van der Waals surface area contributed by atoms with Crippen LogP contribution in [-0.2, 0) is 6.42 Å². The number of benzene rings is 1. The van der Waals surface area contributed by atoms with Gasteiger partial charge in [-0.15, -0.1) is 0 Å². The monoisotopic (exact) mass is 293 g/mol. The second-order valence-corrected chi connectivity index (χ2v) is 5.52. The molecular formula is C14H16BrNO. The van der Waals surface area contributed by atoms with E-state index in [2.05, 4.69) is 22.0 Å². The van der Waals surface area contributed by atoms with Crippen molar-refractivity contribution in [1.29, 1.82) is 0 Å². The number of allylic oxidation sites excluding steroid dienone is 1. The quantitative estimate of drug-likeness (QED) is 0.584. The van der Waals surface area contributed by atoms with Crippen LogP contribution < -0.4 is 0 Å². The third-order valence-corrected chi connectivity index (χ3v) is 3.41. The number of fused-ring (bicyclic) bond motifs is 1. The van der Waals surface area contributed by atoms with Crippen molar-refractivity contribution in [3.63, 3.8) is 0 Å². The SMILES string of the molecule is CN(C)/C=C1\CCCc2ccc(Br)cc2C1=O. The molecule has 0 saturated heterocycles. The summed E-state index contributed by atoms with van der Waals surface area (Å²) in [7, 11) is 3.90. The van der Waals surface area contributed by atoms with Crippen LogP contribution in [0.4, 0.5) is 0 Å². The first-order valence-electron chi connectivity index (χ1n) is 5.78. The third-order valence-electron chi connectivity index (χ3n) is 2.91. The fraction of sp³-hybridized carbons (Fsp3) is 0.357. The number of Topliss-reactive ketones (excluding diaryl/α,β-unsaturated/α-hetero) is 1. The van der Waals surface area contributed by atoms with Crippen molar-refractivity contribution in [3.05, 3.63) is 45.6 Å². The van der Waals surface area contributed by atoms with Gasteiger partial charge in [0.2, 0.25) is 0 Å². The van der Waals surface area contributed by atoms with E-state index in [1.165, 1.54) is 5.56 Å². The zero-order valence-electron chi connectivity index (χ0n) is 10.2. The maximum atomic E-state index is 12.4. The van der Waals surface area contributed by atoms with Crippen molar-refractivity contribution in [3.8, 4) is 0 Å². The Morgan fingerprint density at radius 2 is 2.06 bits per heavy atom. The van der Waals surface area contributed by atoms with Gasteiger partial charge in [0.05, 0.1) is 0 Å². The highest BCUT2D eigenvalue weighted by atomic mass is 79.9. The van der Waals surface area contributed by atoms with Gasteiger partial charge in [-0.3, -0.25) is 4.79 Å². The molecule has 0 bridgehead atoms. The normalized spacial score (nSPS) is 17.8. The minimum atomic E-state index is 0.174. The molecule has 90 valence electrons. The Morgan fingerprint density at radius 1 is 1.29 bits per heavy atom. The van der Waals surface area contributed by atoms with E-state index in [4.69, 9.17) is 0 Å². The van der Waals surface area contributed by atoms with Crippen LogP contribution in [0.2, 0.25) is 0 Å². The van der Waals surface area contributed by atoms with Gasteiger partial charge in [-0.1, -0.05) is 22.0 Å². The summed E-state index contributed by atoms with van der Waals surface area (Å²) in [5.74, 6) is 0.174. The molecular weight excluding hydrogens is 278 g/mol. The molecule has 0 radical (unpaired) electrons. The van der Waals surface area contributed by atoms with Crippen molar-refractivity contribution >= 4 is 21.7 Å². The van der Waals surface area contributed by atoms with Crippen LogP contribution >= 0.6 is 15.9 Å². The van der Waals surface area contributed by atoms with Crippen molar-refractivity contribution in [2.24, 2.45) is 0 Å². The molecule has 1 aromatic rings. The van der Waals surface area contributed by atoms with E-state index in [9.17, 15) is 4.79 Å². The van der Waals surface area contributed by atoms with Crippen LogP contribution in [0.3, 0.4) is 0 Å². The van der Waals surface area contributed by atoms with Gasteiger partial charge in [-0.25, -0.2) is 0 Å². The fourth-order valence-corrected chi connectivity index (χ4v) is 2.53.